The Bertz CT molecular complexity index is 1330. The van der Waals surface area contributed by atoms with E-state index in [0.29, 0.717) is 5.65 Å². The summed E-state index contributed by atoms with van der Waals surface area (Å²) in [4.78, 5) is 19.6. The zero-order valence-corrected chi connectivity index (χ0v) is 16.5. The van der Waals surface area contributed by atoms with E-state index in [2.05, 4.69) is 42.2 Å². The summed E-state index contributed by atoms with van der Waals surface area (Å²) in [6.07, 6.45) is 9.25. The Labute approximate surface area is 173 Å². The molecule has 30 heavy (non-hydrogen) atoms. The minimum Gasteiger partial charge on any atom is -0.356 e. The lowest BCUT2D eigenvalue weighted by Crippen LogP contribution is -2.30. The number of hydrogen-bond acceptors (Lipinski definition) is 5. The van der Waals surface area contributed by atoms with Crippen molar-refractivity contribution in [1.29, 1.82) is 0 Å². The van der Waals surface area contributed by atoms with E-state index in [-0.39, 0.29) is 0 Å². The first-order valence-corrected chi connectivity index (χ1v) is 10.4. The van der Waals surface area contributed by atoms with Crippen LogP contribution in [0.1, 0.15) is 19.3 Å². The van der Waals surface area contributed by atoms with Crippen molar-refractivity contribution in [3.05, 3.63) is 55.0 Å². The monoisotopic (exact) mass is 395 g/mol. The number of H-pyrrole nitrogens is 2. The Morgan fingerprint density at radius 2 is 1.80 bits per heavy atom. The zero-order valence-electron chi connectivity index (χ0n) is 16.5. The van der Waals surface area contributed by atoms with Gasteiger partial charge in [-0.15, -0.1) is 0 Å². The minimum atomic E-state index is 0.692. The predicted octanol–water partition coefficient (Wildman–Crippen LogP) is 4.55. The van der Waals surface area contributed by atoms with Gasteiger partial charge in [-0.25, -0.2) is 9.97 Å². The molecule has 0 aromatic carbocycles. The number of aromatic nitrogens is 6. The molecule has 148 valence electrons. The number of anilines is 1. The number of nitrogens with zero attached hydrogens (tertiary/aromatic N) is 5. The normalized spacial score (nSPS) is 14.6. The Hall–Kier alpha value is -3.74. The second kappa shape index (κ2) is 6.95. The lowest BCUT2D eigenvalue weighted by molar-refractivity contribution is 0.575. The largest absolute Gasteiger partial charge is 0.356 e. The molecule has 5 aromatic heterocycles. The Balaban J connectivity index is 1.47. The van der Waals surface area contributed by atoms with Gasteiger partial charge >= 0.3 is 0 Å². The number of aromatic amines is 2. The van der Waals surface area contributed by atoms with Crippen LogP contribution in [-0.2, 0) is 0 Å². The van der Waals surface area contributed by atoms with Crippen LogP contribution in [0.4, 0.5) is 5.82 Å². The van der Waals surface area contributed by atoms with E-state index in [1.807, 2.05) is 36.7 Å². The van der Waals surface area contributed by atoms with E-state index in [1.165, 1.54) is 19.3 Å². The maximum absolute atomic E-state index is 4.70. The van der Waals surface area contributed by atoms with Crippen LogP contribution < -0.4 is 4.90 Å². The Morgan fingerprint density at radius 1 is 0.867 bits per heavy atom. The van der Waals surface area contributed by atoms with Crippen molar-refractivity contribution in [3.8, 4) is 22.6 Å². The highest BCUT2D eigenvalue weighted by atomic mass is 15.2. The van der Waals surface area contributed by atoms with Gasteiger partial charge in [-0.3, -0.25) is 10.1 Å². The first kappa shape index (κ1) is 17.1. The van der Waals surface area contributed by atoms with Gasteiger partial charge in [-0.1, -0.05) is 6.07 Å². The topological polar surface area (TPSA) is 86.4 Å². The van der Waals surface area contributed by atoms with E-state index in [1.54, 1.807) is 6.20 Å². The van der Waals surface area contributed by atoms with Gasteiger partial charge in [0.15, 0.2) is 5.65 Å². The fraction of sp³-hybridized carbons (Fsp3) is 0.217. The zero-order chi connectivity index (χ0) is 19.9. The molecule has 0 aliphatic carbocycles. The molecule has 7 nitrogen and oxygen atoms in total. The lowest BCUT2D eigenvalue weighted by atomic mass is 10.1. The van der Waals surface area contributed by atoms with Crippen LogP contribution in [0.3, 0.4) is 0 Å². The van der Waals surface area contributed by atoms with Crippen LogP contribution in [0.15, 0.2) is 55.0 Å². The van der Waals surface area contributed by atoms with Crippen molar-refractivity contribution in [2.24, 2.45) is 0 Å². The van der Waals surface area contributed by atoms with Crippen LogP contribution in [0.5, 0.6) is 0 Å². The molecule has 0 atom stereocenters. The van der Waals surface area contributed by atoms with Gasteiger partial charge in [0.2, 0.25) is 0 Å². The van der Waals surface area contributed by atoms with E-state index >= 15 is 0 Å². The van der Waals surface area contributed by atoms with E-state index < -0.39 is 0 Å². The van der Waals surface area contributed by atoms with E-state index in [0.717, 1.165) is 57.8 Å². The van der Waals surface area contributed by atoms with E-state index in [4.69, 9.17) is 4.98 Å². The number of hydrogen-bond donors (Lipinski definition) is 2. The number of piperidine rings is 1. The first-order chi connectivity index (χ1) is 14.9. The molecule has 0 bridgehead atoms. The van der Waals surface area contributed by atoms with Crippen molar-refractivity contribution in [3.63, 3.8) is 0 Å². The average Bonchev–Trinajstić information content (AvgIpc) is 3.43. The molecule has 2 N–H and O–H groups in total. The lowest BCUT2D eigenvalue weighted by Gasteiger charge is -2.28. The summed E-state index contributed by atoms with van der Waals surface area (Å²) >= 11 is 0. The quantitative estimate of drug-likeness (QED) is 0.468. The van der Waals surface area contributed by atoms with Gasteiger partial charge < -0.3 is 9.88 Å². The highest BCUT2D eigenvalue weighted by Gasteiger charge is 2.18. The number of pyridine rings is 3. The Kier molecular flexibility index (Phi) is 3.97. The van der Waals surface area contributed by atoms with Gasteiger partial charge in [0.25, 0.3) is 0 Å². The highest BCUT2D eigenvalue weighted by molar-refractivity contribution is 5.98. The summed E-state index contributed by atoms with van der Waals surface area (Å²) in [5.41, 5.74) is 5.55. The highest BCUT2D eigenvalue weighted by Crippen LogP contribution is 2.33. The molecular weight excluding hydrogens is 374 g/mol. The second-order valence-corrected chi connectivity index (χ2v) is 7.74. The fourth-order valence-corrected chi connectivity index (χ4v) is 4.31. The summed E-state index contributed by atoms with van der Waals surface area (Å²) in [5.74, 6) is 1.06. The third kappa shape index (κ3) is 2.82. The van der Waals surface area contributed by atoms with Crippen molar-refractivity contribution in [2.45, 2.75) is 19.3 Å². The van der Waals surface area contributed by atoms with Crippen molar-refractivity contribution in [1.82, 2.24) is 30.1 Å². The van der Waals surface area contributed by atoms with Gasteiger partial charge in [0.1, 0.15) is 5.82 Å². The van der Waals surface area contributed by atoms with Gasteiger partial charge in [0.05, 0.1) is 22.6 Å². The molecule has 0 unspecified atom stereocenters. The van der Waals surface area contributed by atoms with Crippen molar-refractivity contribution >= 4 is 27.8 Å². The maximum atomic E-state index is 4.70. The number of rotatable bonds is 3. The smallest absolute Gasteiger partial charge is 0.181 e. The molecule has 6 heterocycles. The Morgan fingerprint density at radius 3 is 2.67 bits per heavy atom. The van der Waals surface area contributed by atoms with Crippen molar-refractivity contribution < 1.29 is 0 Å². The standard InChI is InChI=1S/C23H21N7/c1-4-10-30(11-5-1)23-16-13-20(27-19(16)7-9-25-23)21-17-12-15(14-26-22(17)29-28-21)18-6-2-3-8-24-18/h2-3,6-9,12-14,27H,1,4-5,10-11H2,(H,26,28,29). The van der Waals surface area contributed by atoms with Crippen LogP contribution in [0, 0.1) is 0 Å². The molecule has 1 fully saturated rings. The third-order valence-corrected chi connectivity index (χ3v) is 5.82. The summed E-state index contributed by atoms with van der Waals surface area (Å²) in [7, 11) is 0. The molecule has 0 spiro atoms. The van der Waals surface area contributed by atoms with Gasteiger partial charge in [0, 0.05) is 48.0 Å². The summed E-state index contributed by atoms with van der Waals surface area (Å²) in [5, 5.41) is 9.69. The first-order valence-electron chi connectivity index (χ1n) is 10.4. The van der Waals surface area contributed by atoms with Gasteiger partial charge in [-0.2, -0.15) is 5.10 Å². The van der Waals surface area contributed by atoms with Crippen molar-refractivity contribution in [2.75, 3.05) is 18.0 Å². The molecule has 0 amide bonds. The minimum absolute atomic E-state index is 0.692. The molecule has 0 radical (unpaired) electrons. The molecule has 5 aromatic rings. The number of fused-ring (bicyclic) bond motifs is 2. The molecule has 1 aliphatic heterocycles. The summed E-state index contributed by atoms with van der Waals surface area (Å²) in [6.45, 7) is 2.13. The van der Waals surface area contributed by atoms with Crippen LogP contribution in [0.2, 0.25) is 0 Å². The SMILES string of the molecule is c1ccc(-c2cnc3n[nH]c(-c4cc5c(N6CCCCC6)nccc5[nH]4)c3c2)nc1. The summed E-state index contributed by atoms with van der Waals surface area (Å²) < 4.78 is 0. The molecular formula is C23H21N7. The predicted molar refractivity (Wildman–Crippen MR) is 118 cm³/mol. The second-order valence-electron chi connectivity index (χ2n) is 7.74. The molecule has 1 aliphatic rings. The molecule has 7 heteroatoms. The van der Waals surface area contributed by atoms with E-state index in [9.17, 15) is 0 Å². The summed E-state index contributed by atoms with van der Waals surface area (Å²) in [6, 6.07) is 12.2. The van der Waals surface area contributed by atoms with Crippen LogP contribution in [-0.4, -0.2) is 43.2 Å². The van der Waals surface area contributed by atoms with Crippen LogP contribution in [0.25, 0.3) is 44.6 Å². The fourth-order valence-electron chi connectivity index (χ4n) is 4.31. The number of nitrogens with one attached hydrogen (secondary N) is 2. The molecule has 1 saturated heterocycles. The molecule has 0 saturated carbocycles. The third-order valence-electron chi connectivity index (χ3n) is 5.82. The van der Waals surface area contributed by atoms with Crippen LogP contribution >= 0.6 is 0 Å². The van der Waals surface area contributed by atoms with Gasteiger partial charge in [-0.05, 0) is 49.6 Å². The average molecular weight is 395 g/mol. The maximum Gasteiger partial charge on any atom is 0.181 e. The molecule has 6 rings (SSSR count).